The van der Waals surface area contributed by atoms with Gasteiger partial charge < -0.3 is 5.32 Å². The molecule has 92 valence electrons. The van der Waals surface area contributed by atoms with Gasteiger partial charge in [0.15, 0.2) is 0 Å². The molecule has 0 aliphatic heterocycles. The zero-order valence-corrected chi connectivity index (χ0v) is 11.4. The number of nitrogens with one attached hydrogen (secondary N) is 1. The Labute approximate surface area is 106 Å². The van der Waals surface area contributed by atoms with Crippen molar-refractivity contribution in [3.05, 3.63) is 35.4 Å². The lowest BCUT2D eigenvalue weighted by Crippen LogP contribution is -2.24. The molecule has 1 rings (SSSR count). The molecule has 0 aliphatic carbocycles. The van der Waals surface area contributed by atoms with E-state index in [0.717, 1.165) is 13.0 Å². The number of rotatable bonds is 4. The van der Waals surface area contributed by atoms with Gasteiger partial charge in [-0.1, -0.05) is 52.0 Å². The molecule has 0 spiro atoms. The first-order valence-electron chi connectivity index (χ1n) is 6.27. The molecule has 1 atom stereocenters. The van der Waals surface area contributed by atoms with Crippen molar-refractivity contribution in [2.24, 2.45) is 0 Å². The molecule has 0 aliphatic rings. The lowest BCUT2D eigenvalue weighted by molar-refractivity contribution is 0.527. The number of terminal acetylenes is 1. The summed E-state index contributed by atoms with van der Waals surface area (Å²) in [4.78, 5) is 0. The predicted molar refractivity (Wildman–Crippen MR) is 75.0 cm³/mol. The molecule has 0 radical (unpaired) electrons. The fourth-order valence-corrected chi connectivity index (χ4v) is 2.14. The summed E-state index contributed by atoms with van der Waals surface area (Å²) in [6.45, 7) is 9.77. The van der Waals surface area contributed by atoms with Gasteiger partial charge in [0.1, 0.15) is 0 Å². The maximum Gasteiger partial charge on any atom is 0.0433 e. The molecule has 1 aromatic rings. The van der Waals surface area contributed by atoms with Crippen LogP contribution in [0.25, 0.3) is 0 Å². The minimum Gasteiger partial charge on any atom is -0.309 e. The Kier molecular flexibility index (Phi) is 4.78. The van der Waals surface area contributed by atoms with Crippen LogP contribution in [0.1, 0.15) is 51.3 Å². The maximum atomic E-state index is 5.47. The molecule has 1 aromatic carbocycles. The Balaban J connectivity index is 3.14. The second-order valence-corrected chi connectivity index (χ2v) is 5.36. The summed E-state index contributed by atoms with van der Waals surface area (Å²) in [5, 5.41) is 3.47. The van der Waals surface area contributed by atoms with Gasteiger partial charge in [-0.15, -0.1) is 12.3 Å². The van der Waals surface area contributed by atoms with Crippen LogP contribution in [0, 0.1) is 12.3 Å². The van der Waals surface area contributed by atoms with Crippen LogP contribution in [-0.2, 0) is 5.41 Å². The van der Waals surface area contributed by atoms with Crippen LogP contribution in [0.15, 0.2) is 24.3 Å². The summed E-state index contributed by atoms with van der Waals surface area (Å²) >= 11 is 0. The van der Waals surface area contributed by atoms with E-state index in [-0.39, 0.29) is 11.5 Å². The van der Waals surface area contributed by atoms with Gasteiger partial charge >= 0.3 is 0 Å². The summed E-state index contributed by atoms with van der Waals surface area (Å²) < 4.78 is 0. The first-order chi connectivity index (χ1) is 8.00. The van der Waals surface area contributed by atoms with E-state index in [1.54, 1.807) is 0 Å². The molecule has 0 saturated carbocycles. The van der Waals surface area contributed by atoms with Crippen LogP contribution in [0.4, 0.5) is 0 Å². The van der Waals surface area contributed by atoms with Crippen molar-refractivity contribution in [1.29, 1.82) is 0 Å². The van der Waals surface area contributed by atoms with Gasteiger partial charge in [0.2, 0.25) is 0 Å². The first kappa shape index (κ1) is 13.8. The highest BCUT2D eigenvalue weighted by molar-refractivity contribution is 5.35. The smallest absolute Gasteiger partial charge is 0.0433 e. The summed E-state index contributed by atoms with van der Waals surface area (Å²) in [6, 6.07) is 8.84. The van der Waals surface area contributed by atoms with Crippen LogP contribution < -0.4 is 5.32 Å². The Morgan fingerprint density at radius 3 is 2.47 bits per heavy atom. The zero-order chi connectivity index (χ0) is 12.9. The highest BCUT2D eigenvalue weighted by Crippen LogP contribution is 2.30. The first-order valence-corrected chi connectivity index (χ1v) is 6.27. The SMILES string of the molecule is C#CCC(NCC)c1ccccc1C(C)(C)C. The molecule has 1 nitrogen and oxygen atoms in total. The van der Waals surface area contributed by atoms with Crippen molar-refractivity contribution < 1.29 is 0 Å². The fourth-order valence-electron chi connectivity index (χ4n) is 2.14. The quantitative estimate of drug-likeness (QED) is 0.777. The van der Waals surface area contributed by atoms with Crippen LogP contribution in [-0.4, -0.2) is 6.54 Å². The van der Waals surface area contributed by atoms with Gasteiger partial charge in [0, 0.05) is 12.5 Å². The number of benzene rings is 1. The van der Waals surface area contributed by atoms with Gasteiger partial charge in [0.05, 0.1) is 0 Å². The Morgan fingerprint density at radius 1 is 1.29 bits per heavy atom. The Morgan fingerprint density at radius 2 is 1.94 bits per heavy atom. The molecule has 0 fully saturated rings. The van der Waals surface area contributed by atoms with Crippen LogP contribution in [0.2, 0.25) is 0 Å². The molecule has 1 unspecified atom stereocenters. The van der Waals surface area contributed by atoms with Crippen molar-refractivity contribution in [1.82, 2.24) is 5.32 Å². The van der Waals surface area contributed by atoms with E-state index in [1.165, 1.54) is 11.1 Å². The van der Waals surface area contributed by atoms with Crippen molar-refractivity contribution in [3.8, 4) is 12.3 Å². The molecule has 0 amide bonds. The molecule has 0 bridgehead atoms. The average molecular weight is 229 g/mol. The monoisotopic (exact) mass is 229 g/mol. The highest BCUT2D eigenvalue weighted by Gasteiger charge is 2.21. The van der Waals surface area contributed by atoms with E-state index in [0.29, 0.717) is 0 Å². The normalized spacial score (nSPS) is 13.1. The van der Waals surface area contributed by atoms with E-state index in [9.17, 15) is 0 Å². The Bertz CT molecular complexity index is 393. The lowest BCUT2D eigenvalue weighted by Gasteiger charge is -2.27. The summed E-state index contributed by atoms with van der Waals surface area (Å²) in [7, 11) is 0. The molecule has 17 heavy (non-hydrogen) atoms. The maximum absolute atomic E-state index is 5.47. The van der Waals surface area contributed by atoms with Gasteiger partial charge in [-0.05, 0) is 23.1 Å². The van der Waals surface area contributed by atoms with E-state index in [1.807, 2.05) is 0 Å². The molecule has 1 heteroatoms. The number of hydrogen-bond acceptors (Lipinski definition) is 1. The molecule has 0 heterocycles. The van der Waals surface area contributed by atoms with E-state index in [2.05, 4.69) is 63.2 Å². The average Bonchev–Trinajstić information content (AvgIpc) is 2.28. The predicted octanol–water partition coefficient (Wildman–Crippen LogP) is 3.66. The largest absolute Gasteiger partial charge is 0.309 e. The van der Waals surface area contributed by atoms with Gasteiger partial charge in [-0.2, -0.15) is 0 Å². The van der Waals surface area contributed by atoms with Gasteiger partial charge in [-0.25, -0.2) is 0 Å². The topological polar surface area (TPSA) is 12.0 Å². The molecule has 1 N–H and O–H groups in total. The Hall–Kier alpha value is -1.26. The third-order valence-electron chi connectivity index (χ3n) is 2.92. The molecule has 0 saturated heterocycles. The van der Waals surface area contributed by atoms with Crippen molar-refractivity contribution in [2.45, 2.75) is 45.6 Å². The van der Waals surface area contributed by atoms with Gasteiger partial charge in [0.25, 0.3) is 0 Å². The minimum absolute atomic E-state index is 0.152. The second-order valence-electron chi connectivity index (χ2n) is 5.36. The third-order valence-corrected chi connectivity index (χ3v) is 2.92. The van der Waals surface area contributed by atoms with E-state index < -0.39 is 0 Å². The van der Waals surface area contributed by atoms with E-state index >= 15 is 0 Å². The van der Waals surface area contributed by atoms with Crippen molar-refractivity contribution in [2.75, 3.05) is 6.54 Å². The number of hydrogen-bond donors (Lipinski definition) is 1. The molecular formula is C16H23N. The van der Waals surface area contributed by atoms with Crippen molar-refractivity contribution in [3.63, 3.8) is 0 Å². The summed E-state index contributed by atoms with van der Waals surface area (Å²) in [5.41, 5.74) is 2.86. The van der Waals surface area contributed by atoms with Gasteiger partial charge in [-0.3, -0.25) is 0 Å². The van der Waals surface area contributed by atoms with Crippen LogP contribution in [0.5, 0.6) is 0 Å². The molecular weight excluding hydrogens is 206 g/mol. The minimum atomic E-state index is 0.152. The molecule has 0 aromatic heterocycles. The summed E-state index contributed by atoms with van der Waals surface area (Å²) in [6.07, 6.45) is 6.20. The van der Waals surface area contributed by atoms with Crippen LogP contribution in [0.3, 0.4) is 0 Å². The standard InChI is InChI=1S/C16H23N/c1-6-10-15(17-7-2)13-11-8-9-12-14(13)16(3,4)5/h1,8-9,11-12,15,17H,7,10H2,2-5H3. The fraction of sp³-hybridized carbons (Fsp3) is 0.500. The summed E-state index contributed by atoms with van der Waals surface area (Å²) in [5.74, 6) is 2.77. The zero-order valence-electron chi connectivity index (χ0n) is 11.4. The highest BCUT2D eigenvalue weighted by atomic mass is 14.9. The third kappa shape index (κ3) is 3.61. The van der Waals surface area contributed by atoms with Crippen LogP contribution >= 0.6 is 0 Å². The second kappa shape index (κ2) is 5.89. The van der Waals surface area contributed by atoms with E-state index in [4.69, 9.17) is 6.42 Å². The van der Waals surface area contributed by atoms with Crippen molar-refractivity contribution >= 4 is 0 Å². The lowest BCUT2D eigenvalue weighted by atomic mass is 9.81.